The van der Waals surface area contributed by atoms with Gasteiger partial charge in [-0.25, -0.2) is 0 Å². The number of hydrogen-bond donors (Lipinski definition) is 2. The minimum absolute atomic E-state index is 0.144. The van der Waals surface area contributed by atoms with Gasteiger partial charge in [-0.3, -0.25) is 0 Å². The largest absolute Gasteiger partial charge is 0.354 e. The smallest absolute Gasteiger partial charge is 0.229 e. The minimum Gasteiger partial charge on any atom is -0.354 e. The van der Waals surface area contributed by atoms with Crippen molar-refractivity contribution < 1.29 is 0 Å². The van der Waals surface area contributed by atoms with Crippen LogP contribution >= 0.6 is 11.6 Å². The van der Waals surface area contributed by atoms with Crippen LogP contribution in [0.1, 0.15) is 24.5 Å². The van der Waals surface area contributed by atoms with Crippen molar-refractivity contribution in [1.82, 2.24) is 15.0 Å². The van der Waals surface area contributed by atoms with Crippen molar-refractivity contribution in [2.45, 2.75) is 19.9 Å². The van der Waals surface area contributed by atoms with Crippen LogP contribution in [-0.4, -0.2) is 21.5 Å². The third-order valence-electron chi connectivity index (χ3n) is 2.67. The fraction of sp³-hybridized carbons (Fsp3) is 0.286. The average Bonchev–Trinajstić information content (AvgIpc) is 2.51. The van der Waals surface area contributed by atoms with E-state index in [1.807, 2.05) is 12.1 Å². The first-order valence-corrected chi connectivity index (χ1v) is 6.97. The Bertz CT molecular complexity index is 635. The first kappa shape index (κ1) is 15.0. The summed E-state index contributed by atoms with van der Waals surface area (Å²) in [6.07, 6.45) is 0.970. The number of anilines is 2. The van der Waals surface area contributed by atoms with Crippen LogP contribution in [0.5, 0.6) is 0 Å². The van der Waals surface area contributed by atoms with Crippen molar-refractivity contribution >= 4 is 23.5 Å². The maximum Gasteiger partial charge on any atom is 0.229 e. The first-order valence-electron chi connectivity index (χ1n) is 6.59. The molecule has 108 valence electrons. The molecule has 1 heterocycles. The molecule has 0 bridgehead atoms. The predicted octanol–water partition coefficient (Wildman–Crippen LogP) is 2.83. The third-order valence-corrected chi connectivity index (χ3v) is 2.84. The summed E-state index contributed by atoms with van der Waals surface area (Å²) in [4.78, 5) is 12.3. The molecule has 21 heavy (non-hydrogen) atoms. The second kappa shape index (κ2) is 7.41. The summed E-state index contributed by atoms with van der Waals surface area (Å²) in [5.74, 6) is 0.872. The van der Waals surface area contributed by atoms with E-state index in [1.54, 1.807) is 12.1 Å². The molecule has 6 nitrogen and oxygen atoms in total. The lowest BCUT2D eigenvalue weighted by Gasteiger charge is -2.08. The SMILES string of the molecule is CCCNc1nc(Cl)nc(NCc2ccc(C#N)cc2)n1. The van der Waals surface area contributed by atoms with E-state index in [-0.39, 0.29) is 5.28 Å². The van der Waals surface area contributed by atoms with Crippen molar-refractivity contribution in [3.8, 4) is 6.07 Å². The highest BCUT2D eigenvalue weighted by Crippen LogP contribution is 2.11. The summed E-state index contributed by atoms with van der Waals surface area (Å²) in [7, 11) is 0. The van der Waals surface area contributed by atoms with E-state index >= 15 is 0 Å². The van der Waals surface area contributed by atoms with Crippen molar-refractivity contribution in [3.05, 3.63) is 40.7 Å². The van der Waals surface area contributed by atoms with Crippen LogP contribution < -0.4 is 10.6 Å². The predicted molar refractivity (Wildman–Crippen MR) is 82.1 cm³/mol. The molecule has 0 unspecified atom stereocenters. The van der Waals surface area contributed by atoms with Crippen molar-refractivity contribution in [2.75, 3.05) is 17.2 Å². The number of nitriles is 1. The average molecular weight is 303 g/mol. The number of benzene rings is 1. The summed E-state index contributed by atoms with van der Waals surface area (Å²) in [5, 5.41) is 15.1. The fourth-order valence-corrected chi connectivity index (χ4v) is 1.78. The normalized spacial score (nSPS) is 9.95. The van der Waals surface area contributed by atoms with Gasteiger partial charge in [-0.2, -0.15) is 20.2 Å². The lowest BCUT2D eigenvalue weighted by molar-refractivity contribution is 0.932. The molecule has 2 aromatic rings. The molecule has 0 aliphatic heterocycles. The van der Waals surface area contributed by atoms with Crippen LogP contribution in [0.4, 0.5) is 11.9 Å². The van der Waals surface area contributed by atoms with E-state index < -0.39 is 0 Å². The van der Waals surface area contributed by atoms with Crippen molar-refractivity contribution in [1.29, 1.82) is 5.26 Å². The van der Waals surface area contributed by atoms with E-state index in [2.05, 4.69) is 38.6 Å². The molecule has 1 aromatic heterocycles. The van der Waals surface area contributed by atoms with E-state index in [9.17, 15) is 0 Å². The zero-order chi connectivity index (χ0) is 15.1. The lowest BCUT2D eigenvalue weighted by Crippen LogP contribution is -2.09. The monoisotopic (exact) mass is 302 g/mol. The first-order chi connectivity index (χ1) is 10.2. The Hall–Kier alpha value is -2.39. The zero-order valence-electron chi connectivity index (χ0n) is 11.6. The Balaban J connectivity index is 2.01. The van der Waals surface area contributed by atoms with Gasteiger partial charge in [-0.05, 0) is 35.7 Å². The molecule has 0 atom stereocenters. The second-order valence-corrected chi connectivity index (χ2v) is 4.68. The Morgan fingerprint density at radius 1 is 1.10 bits per heavy atom. The summed E-state index contributed by atoms with van der Waals surface area (Å²) < 4.78 is 0. The van der Waals surface area contributed by atoms with E-state index in [4.69, 9.17) is 16.9 Å². The Morgan fingerprint density at radius 2 is 1.76 bits per heavy atom. The number of hydrogen-bond acceptors (Lipinski definition) is 6. The van der Waals surface area contributed by atoms with Crippen molar-refractivity contribution in [2.24, 2.45) is 0 Å². The summed E-state index contributed by atoms with van der Waals surface area (Å²) in [6, 6.07) is 9.38. The molecule has 0 radical (unpaired) electrons. The second-order valence-electron chi connectivity index (χ2n) is 4.34. The molecular formula is C14H15ClN6. The number of nitrogens with zero attached hydrogens (tertiary/aromatic N) is 4. The van der Waals surface area contributed by atoms with Crippen LogP contribution in [-0.2, 0) is 6.54 Å². The molecule has 0 aliphatic rings. The van der Waals surface area contributed by atoms with Gasteiger partial charge < -0.3 is 10.6 Å². The number of halogens is 1. The lowest BCUT2D eigenvalue weighted by atomic mass is 10.1. The molecule has 0 amide bonds. The highest BCUT2D eigenvalue weighted by atomic mass is 35.5. The van der Waals surface area contributed by atoms with Gasteiger partial charge >= 0.3 is 0 Å². The molecular weight excluding hydrogens is 288 g/mol. The summed E-state index contributed by atoms with van der Waals surface area (Å²) in [6.45, 7) is 3.37. The highest BCUT2D eigenvalue weighted by Gasteiger charge is 2.04. The highest BCUT2D eigenvalue weighted by molar-refractivity contribution is 6.28. The van der Waals surface area contributed by atoms with Gasteiger partial charge in [0.05, 0.1) is 11.6 Å². The number of rotatable bonds is 6. The summed E-state index contributed by atoms with van der Waals surface area (Å²) >= 11 is 5.87. The third kappa shape index (κ3) is 4.58. The number of aromatic nitrogens is 3. The Morgan fingerprint density at radius 3 is 2.38 bits per heavy atom. The van der Waals surface area contributed by atoms with Crippen molar-refractivity contribution in [3.63, 3.8) is 0 Å². The quantitative estimate of drug-likeness (QED) is 0.853. The standard InChI is InChI=1S/C14H15ClN6/c1-2-7-17-13-19-12(15)20-14(21-13)18-9-11-5-3-10(8-16)4-6-11/h3-6H,2,7,9H2,1H3,(H2,17,18,19,20,21). The van der Waals surface area contributed by atoms with Gasteiger partial charge in [-0.15, -0.1) is 0 Å². The maximum atomic E-state index is 8.75. The molecule has 0 saturated heterocycles. The van der Waals surface area contributed by atoms with E-state index in [1.165, 1.54) is 0 Å². The van der Waals surface area contributed by atoms with Gasteiger partial charge in [0.15, 0.2) is 0 Å². The molecule has 0 saturated carbocycles. The fourth-order valence-electron chi connectivity index (χ4n) is 1.62. The van der Waals surface area contributed by atoms with Crippen LogP contribution in [0, 0.1) is 11.3 Å². The topological polar surface area (TPSA) is 86.5 Å². The van der Waals surface area contributed by atoms with E-state index in [0.29, 0.717) is 24.0 Å². The van der Waals surface area contributed by atoms with Gasteiger partial charge in [0.2, 0.25) is 17.2 Å². The van der Waals surface area contributed by atoms with Crippen LogP contribution in [0.3, 0.4) is 0 Å². The van der Waals surface area contributed by atoms with Crippen LogP contribution in [0.2, 0.25) is 5.28 Å². The molecule has 2 N–H and O–H groups in total. The van der Waals surface area contributed by atoms with Crippen LogP contribution in [0.15, 0.2) is 24.3 Å². The summed E-state index contributed by atoms with van der Waals surface area (Å²) in [5.41, 5.74) is 1.65. The number of nitrogens with one attached hydrogen (secondary N) is 2. The van der Waals surface area contributed by atoms with Gasteiger partial charge in [0.1, 0.15) is 0 Å². The van der Waals surface area contributed by atoms with Gasteiger partial charge in [0, 0.05) is 13.1 Å². The molecule has 2 rings (SSSR count). The Kier molecular flexibility index (Phi) is 5.29. The molecule has 0 spiro atoms. The van der Waals surface area contributed by atoms with Gasteiger partial charge in [-0.1, -0.05) is 19.1 Å². The maximum absolute atomic E-state index is 8.75. The minimum atomic E-state index is 0.144. The molecule has 1 aromatic carbocycles. The van der Waals surface area contributed by atoms with Gasteiger partial charge in [0.25, 0.3) is 0 Å². The molecule has 0 aliphatic carbocycles. The van der Waals surface area contributed by atoms with E-state index in [0.717, 1.165) is 18.5 Å². The zero-order valence-corrected chi connectivity index (χ0v) is 12.4. The van der Waals surface area contributed by atoms with Crippen LogP contribution in [0.25, 0.3) is 0 Å². The Labute approximate surface area is 128 Å². The molecule has 7 heteroatoms. The molecule has 0 fully saturated rings.